The average Bonchev–Trinajstić information content (AvgIpc) is 2.36. The summed E-state index contributed by atoms with van der Waals surface area (Å²) in [5.74, 6) is 0.777. The Morgan fingerprint density at radius 2 is 1.65 bits per heavy atom. The Kier molecular flexibility index (Phi) is 4.40. The van der Waals surface area contributed by atoms with Crippen LogP contribution in [0.1, 0.15) is 42.5 Å². The highest BCUT2D eigenvalue weighted by molar-refractivity contribution is 5.36. The first kappa shape index (κ1) is 14.5. The number of pyridine rings is 1. The normalized spacial score (nSPS) is 12.5. The largest absolute Gasteiger partial charge is 0.491 e. The van der Waals surface area contributed by atoms with Gasteiger partial charge in [0.25, 0.3) is 0 Å². The van der Waals surface area contributed by atoms with E-state index in [0.29, 0.717) is 0 Å². The molecule has 1 heterocycles. The number of hydrogen-bond acceptors (Lipinski definition) is 3. The van der Waals surface area contributed by atoms with Gasteiger partial charge in [-0.15, -0.1) is 0 Å². The summed E-state index contributed by atoms with van der Waals surface area (Å²) in [6, 6.07) is 11.4. The van der Waals surface area contributed by atoms with Gasteiger partial charge in [0.1, 0.15) is 11.9 Å². The number of hydrogen-bond donors (Lipinski definition) is 1. The van der Waals surface area contributed by atoms with Gasteiger partial charge in [0.15, 0.2) is 0 Å². The SMILES string of the molecule is Cc1cc(C(O)c2cccc(OC(C)C)c2)cc(C)n1. The van der Waals surface area contributed by atoms with Crippen LogP contribution in [0.15, 0.2) is 36.4 Å². The lowest BCUT2D eigenvalue weighted by Crippen LogP contribution is -2.07. The fourth-order valence-corrected chi connectivity index (χ4v) is 2.25. The lowest BCUT2D eigenvalue weighted by atomic mass is 10.0. The van der Waals surface area contributed by atoms with E-state index in [1.807, 2.05) is 64.1 Å². The Morgan fingerprint density at radius 1 is 1.00 bits per heavy atom. The molecule has 1 atom stereocenters. The predicted octanol–water partition coefficient (Wildman–Crippen LogP) is 3.57. The summed E-state index contributed by atoms with van der Waals surface area (Å²) in [6.07, 6.45) is -0.543. The molecule has 0 fully saturated rings. The number of benzene rings is 1. The van der Waals surface area contributed by atoms with Crippen molar-refractivity contribution in [2.24, 2.45) is 0 Å². The van der Waals surface area contributed by atoms with Crippen molar-refractivity contribution in [1.82, 2.24) is 4.98 Å². The molecule has 0 aliphatic heterocycles. The van der Waals surface area contributed by atoms with Crippen LogP contribution < -0.4 is 4.74 Å². The molecule has 20 heavy (non-hydrogen) atoms. The second-order valence-electron chi connectivity index (χ2n) is 5.32. The van der Waals surface area contributed by atoms with Gasteiger partial charge in [-0.2, -0.15) is 0 Å². The van der Waals surface area contributed by atoms with E-state index < -0.39 is 6.10 Å². The van der Waals surface area contributed by atoms with E-state index in [2.05, 4.69) is 4.98 Å². The van der Waals surface area contributed by atoms with E-state index in [4.69, 9.17) is 4.74 Å². The van der Waals surface area contributed by atoms with Crippen LogP contribution in [-0.2, 0) is 0 Å². The number of nitrogens with zero attached hydrogens (tertiary/aromatic N) is 1. The standard InChI is InChI=1S/C17H21NO2/c1-11(2)20-16-7-5-6-14(10-16)17(19)15-8-12(3)18-13(4)9-15/h5-11,17,19H,1-4H3. The summed E-state index contributed by atoms with van der Waals surface area (Å²) < 4.78 is 5.66. The summed E-state index contributed by atoms with van der Waals surface area (Å²) in [7, 11) is 0. The minimum Gasteiger partial charge on any atom is -0.491 e. The van der Waals surface area contributed by atoms with Crippen molar-refractivity contribution in [2.75, 3.05) is 0 Å². The van der Waals surface area contributed by atoms with E-state index >= 15 is 0 Å². The summed E-state index contributed by atoms with van der Waals surface area (Å²) in [6.45, 7) is 7.83. The molecule has 0 amide bonds. The van der Waals surface area contributed by atoms with Gasteiger partial charge in [0.05, 0.1) is 6.10 Å². The van der Waals surface area contributed by atoms with E-state index in [1.165, 1.54) is 0 Å². The second kappa shape index (κ2) is 6.06. The Balaban J connectivity index is 2.30. The van der Waals surface area contributed by atoms with Gasteiger partial charge in [-0.05, 0) is 63.1 Å². The number of aliphatic hydroxyl groups excluding tert-OH is 1. The van der Waals surface area contributed by atoms with Crippen molar-refractivity contribution in [1.29, 1.82) is 0 Å². The van der Waals surface area contributed by atoms with Crippen molar-refractivity contribution >= 4 is 0 Å². The molecule has 3 nitrogen and oxygen atoms in total. The molecule has 0 aliphatic rings. The zero-order valence-corrected chi connectivity index (χ0v) is 12.4. The predicted molar refractivity (Wildman–Crippen MR) is 80.0 cm³/mol. The average molecular weight is 271 g/mol. The van der Waals surface area contributed by atoms with E-state index in [0.717, 1.165) is 28.3 Å². The van der Waals surface area contributed by atoms with Crippen LogP contribution in [0.25, 0.3) is 0 Å². The quantitative estimate of drug-likeness (QED) is 0.924. The maximum Gasteiger partial charge on any atom is 0.120 e. The van der Waals surface area contributed by atoms with Gasteiger partial charge >= 0.3 is 0 Å². The highest BCUT2D eigenvalue weighted by atomic mass is 16.5. The molecule has 0 radical (unpaired) electrons. The first-order valence-corrected chi connectivity index (χ1v) is 6.85. The van der Waals surface area contributed by atoms with Gasteiger partial charge in [-0.3, -0.25) is 4.98 Å². The van der Waals surface area contributed by atoms with Crippen LogP contribution in [0.3, 0.4) is 0 Å². The second-order valence-corrected chi connectivity index (χ2v) is 5.32. The molecule has 0 aliphatic carbocycles. The molecule has 1 N–H and O–H groups in total. The lowest BCUT2D eigenvalue weighted by Gasteiger charge is -2.15. The minimum absolute atomic E-state index is 0.118. The van der Waals surface area contributed by atoms with Gasteiger partial charge in [0, 0.05) is 11.4 Å². The zero-order valence-electron chi connectivity index (χ0n) is 12.4. The molecule has 1 unspecified atom stereocenters. The maximum atomic E-state index is 10.5. The third-order valence-corrected chi connectivity index (χ3v) is 2.97. The molecule has 1 aromatic carbocycles. The fraction of sp³-hybridized carbons (Fsp3) is 0.353. The molecular formula is C17H21NO2. The first-order valence-electron chi connectivity index (χ1n) is 6.85. The number of aliphatic hydroxyl groups is 1. The van der Waals surface area contributed by atoms with E-state index in [-0.39, 0.29) is 6.10 Å². The van der Waals surface area contributed by atoms with Crippen molar-refractivity contribution in [3.8, 4) is 5.75 Å². The number of aryl methyl sites for hydroxylation is 2. The highest BCUT2D eigenvalue weighted by Crippen LogP contribution is 2.26. The molecule has 0 bridgehead atoms. The molecule has 3 heteroatoms. The van der Waals surface area contributed by atoms with Crippen LogP contribution >= 0.6 is 0 Å². The van der Waals surface area contributed by atoms with Gasteiger partial charge in [0.2, 0.25) is 0 Å². The zero-order chi connectivity index (χ0) is 14.7. The maximum absolute atomic E-state index is 10.5. The number of aromatic nitrogens is 1. The van der Waals surface area contributed by atoms with Crippen molar-refractivity contribution in [3.63, 3.8) is 0 Å². The summed E-state index contributed by atoms with van der Waals surface area (Å²) in [5.41, 5.74) is 3.51. The van der Waals surface area contributed by atoms with Crippen LogP contribution in [0.2, 0.25) is 0 Å². The topological polar surface area (TPSA) is 42.4 Å². The molecule has 0 saturated heterocycles. The highest BCUT2D eigenvalue weighted by Gasteiger charge is 2.12. The Hall–Kier alpha value is -1.87. The van der Waals surface area contributed by atoms with Crippen LogP contribution in [0.5, 0.6) is 5.75 Å². The third kappa shape index (κ3) is 3.58. The summed E-state index contributed by atoms with van der Waals surface area (Å²) >= 11 is 0. The molecule has 2 aromatic rings. The fourth-order valence-electron chi connectivity index (χ4n) is 2.25. The summed E-state index contributed by atoms with van der Waals surface area (Å²) in [4.78, 5) is 4.33. The van der Waals surface area contributed by atoms with E-state index in [9.17, 15) is 5.11 Å². The van der Waals surface area contributed by atoms with Gasteiger partial charge in [-0.1, -0.05) is 12.1 Å². The monoisotopic (exact) mass is 271 g/mol. The van der Waals surface area contributed by atoms with Crippen LogP contribution in [-0.4, -0.2) is 16.2 Å². The first-order chi connectivity index (χ1) is 9.45. The van der Waals surface area contributed by atoms with Crippen LogP contribution in [0.4, 0.5) is 0 Å². The molecule has 0 spiro atoms. The van der Waals surface area contributed by atoms with Crippen molar-refractivity contribution in [3.05, 3.63) is 58.9 Å². The Bertz CT molecular complexity index is 573. The van der Waals surface area contributed by atoms with Crippen LogP contribution in [0, 0.1) is 13.8 Å². The number of rotatable bonds is 4. The molecule has 0 saturated carbocycles. The smallest absolute Gasteiger partial charge is 0.120 e. The lowest BCUT2D eigenvalue weighted by molar-refractivity contribution is 0.216. The minimum atomic E-state index is -0.661. The van der Waals surface area contributed by atoms with Gasteiger partial charge in [-0.25, -0.2) is 0 Å². The molecule has 2 rings (SSSR count). The molecule has 1 aromatic heterocycles. The number of ether oxygens (including phenoxy) is 1. The molecular weight excluding hydrogens is 250 g/mol. The Labute approximate surface area is 120 Å². The van der Waals surface area contributed by atoms with Crippen molar-refractivity contribution < 1.29 is 9.84 Å². The Morgan fingerprint density at radius 3 is 2.25 bits per heavy atom. The van der Waals surface area contributed by atoms with Crippen molar-refractivity contribution in [2.45, 2.75) is 39.9 Å². The third-order valence-electron chi connectivity index (χ3n) is 2.97. The van der Waals surface area contributed by atoms with Gasteiger partial charge < -0.3 is 9.84 Å². The summed E-state index contributed by atoms with van der Waals surface area (Å²) in [5, 5.41) is 10.5. The molecule has 106 valence electrons. The van der Waals surface area contributed by atoms with E-state index in [1.54, 1.807) is 0 Å².